The van der Waals surface area contributed by atoms with Crippen LogP contribution >= 0.6 is 0 Å². The van der Waals surface area contributed by atoms with Gasteiger partial charge in [-0.2, -0.15) is 0 Å². The maximum atomic E-state index is 12.3. The van der Waals surface area contributed by atoms with Gasteiger partial charge in [0.2, 0.25) is 11.7 Å². The number of hydrogen-bond donors (Lipinski definition) is 0. The molecule has 0 aromatic carbocycles. The Labute approximate surface area is 148 Å². The zero-order valence-corrected chi connectivity index (χ0v) is 14.9. The van der Waals surface area contributed by atoms with Crippen molar-refractivity contribution in [1.82, 2.24) is 9.80 Å². The van der Waals surface area contributed by atoms with Gasteiger partial charge in [-0.3, -0.25) is 9.69 Å². The Morgan fingerprint density at radius 2 is 2.08 bits per heavy atom. The lowest BCUT2D eigenvalue weighted by atomic mass is 9.82. The van der Waals surface area contributed by atoms with E-state index in [2.05, 4.69) is 16.7 Å². The number of rotatable bonds is 4. The molecule has 0 radical (unpaired) electrons. The van der Waals surface area contributed by atoms with Crippen LogP contribution in [0.15, 0.2) is 16.5 Å². The Bertz CT molecular complexity index is 666. The Kier molecular flexibility index (Phi) is 4.31. The highest BCUT2D eigenvalue weighted by Crippen LogP contribution is 2.40. The van der Waals surface area contributed by atoms with E-state index in [9.17, 15) is 9.59 Å². The summed E-state index contributed by atoms with van der Waals surface area (Å²) >= 11 is 0. The van der Waals surface area contributed by atoms with Gasteiger partial charge < -0.3 is 14.1 Å². The first-order valence-electron chi connectivity index (χ1n) is 9.31. The van der Waals surface area contributed by atoms with E-state index < -0.39 is 5.97 Å². The van der Waals surface area contributed by atoms with Crippen LogP contribution in [-0.4, -0.2) is 54.0 Å². The van der Waals surface area contributed by atoms with E-state index in [1.807, 2.05) is 6.07 Å². The molecule has 3 atom stereocenters. The Hall–Kier alpha value is -1.82. The van der Waals surface area contributed by atoms with Gasteiger partial charge in [0.05, 0.1) is 13.2 Å². The highest BCUT2D eigenvalue weighted by molar-refractivity contribution is 5.86. The molecule has 25 heavy (non-hydrogen) atoms. The quantitative estimate of drug-likeness (QED) is 0.784. The summed E-state index contributed by atoms with van der Waals surface area (Å²) in [5.74, 6) is 1.51. The number of carbonyl (C=O) groups is 2. The lowest BCUT2D eigenvalue weighted by molar-refractivity contribution is -0.142. The predicted octanol–water partition coefficient (Wildman–Crippen LogP) is 2.60. The second kappa shape index (κ2) is 6.48. The van der Waals surface area contributed by atoms with Crippen molar-refractivity contribution in [3.63, 3.8) is 0 Å². The number of furan rings is 1. The van der Waals surface area contributed by atoms with E-state index in [0.717, 1.165) is 31.7 Å². The molecule has 1 aliphatic carbocycles. The lowest BCUT2D eigenvalue weighted by Gasteiger charge is -2.48. The fourth-order valence-corrected chi connectivity index (χ4v) is 4.47. The third-order valence-corrected chi connectivity index (χ3v) is 6.01. The average Bonchev–Trinajstić information content (AvgIpc) is 3.34. The van der Waals surface area contributed by atoms with E-state index in [1.165, 1.54) is 20.0 Å². The molecule has 0 bridgehead atoms. The fraction of sp³-hybridized carbons (Fsp3) is 0.684. The van der Waals surface area contributed by atoms with Crippen LogP contribution in [0.3, 0.4) is 0 Å². The van der Waals surface area contributed by atoms with Crippen LogP contribution in [0, 0.1) is 5.92 Å². The zero-order valence-electron chi connectivity index (χ0n) is 14.9. The fourth-order valence-electron chi connectivity index (χ4n) is 4.47. The van der Waals surface area contributed by atoms with Crippen molar-refractivity contribution in [2.45, 2.75) is 57.2 Å². The van der Waals surface area contributed by atoms with Gasteiger partial charge in [0.1, 0.15) is 5.76 Å². The van der Waals surface area contributed by atoms with E-state index in [1.54, 1.807) is 6.07 Å². The third-order valence-electron chi connectivity index (χ3n) is 6.01. The van der Waals surface area contributed by atoms with Crippen LogP contribution in [0.5, 0.6) is 0 Å². The molecule has 3 heterocycles. The van der Waals surface area contributed by atoms with Gasteiger partial charge >= 0.3 is 5.97 Å². The number of esters is 1. The molecular weight excluding hydrogens is 320 g/mol. The van der Waals surface area contributed by atoms with E-state index >= 15 is 0 Å². The molecule has 6 nitrogen and oxygen atoms in total. The number of nitrogens with zero attached hydrogens (tertiary/aromatic N) is 2. The van der Waals surface area contributed by atoms with Gasteiger partial charge in [0, 0.05) is 31.6 Å². The van der Waals surface area contributed by atoms with Gasteiger partial charge in [0.15, 0.2) is 0 Å². The zero-order chi connectivity index (χ0) is 17.6. The van der Waals surface area contributed by atoms with Crippen molar-refractivity contribution in [2.75, 3.05) is 20.2 Å². The largest absolute Gasteiger partial charge is 0.463 e. The molecule has 6 heteroatoms. The van der Waals surface area contributed by atoms with Gasteiger partial charge in [-0.05, 0) is 50.7 Å². The molecule has 1 aromatic heterocycles. The van der Waals surface area contributed by atoms with Gasteiger partial charge in [0.25, 0.3) is 0 Å². The highest BCUT2D eigenvalue weighted by Gasteiger charge is 2.45. The first-order chi connectivity index (χ1) is 12.1. The molecule has 4 rings (SSSR count). The second-order valence-corrected chi connectivity index (χ2v) is 7.55. The molecular formula is C19H26N2O4. The summed E-state index contributed by atoms with van der Waals surface area (Å²) in [7, 11) is 1.36. The molecule has 1 saturated carbocycles. The third kappa shape index (κ3) is 3.08. The summed E-state index contributed by atoms with van der Waals surface area (Å²) in [5.41, 5.74) is 0. The average molecular weight is 346 g/mol. The van der Waals surface area contributed by atoms with E-state index in [0.29, 0.717) is 30.3 Å². The summed E-state index contributed by atoms with van der Waals surface area (Å²) in [6.45, 7) is 4.05. The van der Waals surface area contributed by atoms with Crippen LogP contribution in [0.4, 0.5) is 0 Å². The molecule has 1 amide bonds. The summed E-state index contributed by atoms with van der Waals surface area (Å²) in [4.78, 5) is 28.5. The van der Waals surface area contributed by atoms with Crippen molar-refractivity contribution in [3.8, 4) is 0 Å². The number of ether oxygens (including phenoxy) is 1. The summed E-state index contributed by atoms with van der Waals surface area (Å²) < 4.78 is 10.4. The smallest absolute Gasteiger partial charge is 0.373 e. The normalized spacial score (nSPS) is 28.6. The first kappa shape index (κ1) is 16.6. The maximum absolute atomic E-state index is 12.3. The highest BCUT2D eigenvalue weighted by atomic mass is 16.5. The minimum atomic E-state index is -0.442. The van der Waals surface area contributed by atoms with Gasteiger partial charge in [-0.25, -0.2) is 4.79 Å². The topological polar surface area (TPSA) is 63.0 Å². The SMILES string of the molecule is COC(=O)c1ccc([C@H](C)N2CC[C@@H]3[C@@H](CCC(=O)N3C3CC3)C2)o1. The van der Waals surface area contributed by atoms with Gasteiger partial charge in [-0.15, -0.1) is 0 Å². The number of fused-ring (bicyclic) bond motifs is 1. The summed E-state index contributed by atoms with van der Waals surface area (Å²) in [6, 6.07) is 4.59. The molecule has 3 fully saturated rings. The monoisotopic (exact) mass is 346 g/mol. The number of likely N-dealkylation sites (tertiary alicyclic amines) is 2. The second-order valence-electron chi connectivity index (χ2n) is 7.55. The summed E-state index contributed by atoms with van der Waals surface area (Å²) in [5, 5.41) is 0. The van der Waals surface area contributed by atoms with Crippen molar-refractivity contribution < 1.29 is 18.7 Å². The van der Waals surface area contributed by atoms with Crippen LogP contribution in [0.1, 0.15) is 61.4 Å². The standard InChI is InChI=1S/C19H26N2O4/c1-12(16-6-7-17(25-16)19(23)24-2)20-10-9-15-13(11-20)3-8-18(22)21(15)14-4-5-14/h6-7,12-15H,3-5,8-11H2,1-2H3/t12-,13-,15+/m0/s1. The van der Waals surface area contributed by atoms with E-state index in [-0.39, 0.29) is 11.8 Å². The Morgan fingerprint density at radius 1 is 1.28 bits per heavy atom. The molecule has 0 spiro atoms. The molecule has 2 saturated heterocycles. The van der Waals surface area contributed by atoms with Crippen molar-refractivity contribution in [3.05, 3.63) is 23.7 Å². The van der Waals surface area contributed by atoms with Crippen molar-refractivity contribution in [1.29, 1.82) is 0 Å². The molecule has 0 unspecified atom stereocenters. The molecule has 3 aliphatic rings. The maximum Gasteiger partial charge on any atom is 0.373 e. The minimum Gasteiger partial charge on any atom is -0.463 e. The molecule has 0 N–H and O–H groups in total. The molecule has 136 valence electrons. The van der Waals surface area contributed by atoms with Crippen molar-refractivity contribution >= 4 is 11.9 Å². The van der Waals surface area contributed by atoms with Crippen molar-refractivity contribution in [2.24, 2.45) is 5.92 Å². The Morgan fingerprint density at radius 3 is 2.80 bits per heavy atom. The molecule has 2 aliphatic heterocycles. The van der Waals surface area contributed by atoms with Gasteiger partial charge in [-0.1, -0.05) is 0 Å². The van der Waals surface area contributed by atoms with Crippen LogP contribution in [-0.2, 0) is 9.53 Å². The van der Waals surface area contributed by atoms with Crippen LogP contribution < -0.4 is 0 Å². The molecule has 1 aromatic rings. The number of hydrogen-bond acceptors (Lipinski definition) is 5. The number of methoxy groups -OCH3 is 1. The predicted molar refractivity (Wildman–Crippen MR) is 91.0 cm³/mol. The number of piperidine rings is 2. The summed E-state index contributed by atoms with van der Waals surface area (Å²) in [6.07, 6.45) is 5.06. The number of carbonyl (C=O) groups excluding carboxylic acids is 2. The Balaban J connectivity index is 1.44. The lowest BCUT2D eigenvalue weighted by Crippen LogP contribution is -2.56. The minimum absolute atomic E-state index is 0.117. The van der Waals surface area contributed by atoms with Crippen LogP contribution in [0.25, 0.3) is 0 Å². The number of amides is 1. The van der Waals surface area contributed by atoms with Crippen LogP contribution in [0.2, 0.25) is 0 Å². The first-order valence-corrected chi connectivity index (χ1v) is 9.31. The van der Waals surface area contributed by atoms with E-state index in [4.69, 9.17) is 9.15 Å².